The monoisotopic (exact) mass is 273 g/mol. The lowest BCUT2D eigenvalue weighted by Crippen LogP contribution is -2.25. The molecular formula is C14H19N5O. The molecule has 0 aliphatic heterocycles. The van der Waals surface area contributed by atoms with Crippen LogP contribution in [-0.2, 0) is 13.1 Å². The minimum Gasteiger partial charge on any atom is -0.397 e. The average Bonchev–Trinajstić information content (AvgIpc) is 2.79. The number of hydrogen-bond donors (Lipinski definition) is 2. The van der Waals surface area contributed by atoms with Crippen LogP contribution >= 0.6 is 0 Å². The molecule has 2 aromatic heterocycles. The number of carbonyl (C=O) groups is 1. The first-order valence-electron chi connectivity index (χ1n) is 6.61. The molecule has 0 aliphatic carbocycles. The lowest BCUT2D eigenvalue weighted by atomic mass is 10.3. The van der Waals surface area contributed by atoms with Crippen LogP contribution < -0.4 is 11.1 Å². The highest BCUT2D eigenvalue weighted by molar-refractivity contribution is 5.93. The zero-order chi connectivity index (χ0) is 14.5. The molecule has 0 unspecified atom stereocenters. The Kier molecular flexibility index (Phi) is 4.34. The number of nitrogens with one attached hydrogen (secondary N) is 1. The van der Waals surface area contributed by atoms with E-state index in [2.05, 4.69) is 22.2 Å². The van der Waals surface area contributed by atoms with Crippen LogP contribution in [0.15, 0.2) is 24.7 Å². The third-order valence-electron chi connectivity index (χ3n) is 2.88. The van der Waals surface area contributed by atoms with Gasteiger partial charge in [0, 0.05) is 18.9 Å². The van der Waals surface area contributed by atoms with Crippen molar-refractivity contribution in [1.29, 1.82) is 0 Å². The topological polar surface area (TPSA) is 85.8 Å². The van der Waals surface area contributed by atoms with Crippen LogP contribution in [0.3, 0.4) is 0 Å². The second-order valence-corrected chi connectivity index (χ2v) is 4.68. The Balaban J connectivity index is 2.03. The first kappa shape index (κ1) is 14.0. The van der Waals surface area contributed by atoms with Crippen molar-refractivity contribution in [3.63, 3.8) is 0 Å². The van der Waals surface area contributed by atoms with E-state index < -0.39 is 0 Å². The van der Waals surface area contributed by atoms with Crippen LogP contribution in [0.4, 0.5) is 5.69 Å². The van der Waals surface area contributed by atoms with Gasteiger partial charge in [0.15, 0.2) is 0 Å². The van der Waals surface area contributed by atoms with Crippen molar-refractivity contribution in [1.82, 2.24) is 19.9 Å². The van der Waals surface area contributed by atoms with E-state index in [4.69, 9.17) is 5.73 Å². The van der Waals surface area contributed by atoms with Crippen LogP contribution in [0.25, 0.3) is 0 Å². The van der Waals surface area contributed by atoms with Gasteiger partial charge >= 0.3 is 0 Å². The Labute approximate surface area is 118 Å². The molecule has 6 nitrogen and oxygen atoms in total. The second-order valence-electron chi connectivity index (χ2n) is 4.68. The van der Waals surface area contributed by atoms with Crippen LogP contribution in [0.2, 0.25) is 0 Å². The van der Waals surface area contributed by atoms with Gasteiger partial charge in [0.2, 0.25) is 0 Å². The number of hydrogen-bond acceptors (Lipinski definition) is 4. The number of nitrogens with two attached hydrogens (primary N) is 1. The standard InChI is InChI=1S/C14H19N5O/c1-3-4-19-9-11(15)5-13(19)14(20)18-8-12-7-16-10(2)6-17-12/h5-7,9H,3-4,8,15H2,1-2H3,(H,18,20). The summed E-state index contributed by atoms with van der Waals surface area (Å²) in [7, 11) is 0. The van der Waals surface area contributed by atoms with Gasteiger partial charge in [-0.2, -0.15) is 0 Å². The minimum absolute atomic E-state index is 0.155. The normalized spacial score (nSPS) is 10.5. The Morgan fingerprint density at radius 1 is 1.40 bits per heavy atom. The highest BCUT2D eigenvalue weighted by atomic mass is 16.1. The fourth-order valence-corrected chi connectivity index (χ4v) is 1.92. The molecule has 0 spiro atoms. The number of aryl methyl sites for hydroxylation is 2. The number of aromatic nitrogens is 3. The fourth-order valence-electron chi connectivity index (χ4n) is 1.92. The highest BCUT2D eigenvalue weighted by Gasteiger charge is 2.12. The number of anilines is 1. The van der Waals surface area contributed by atoms with Crippen molar-refractivity contribution in [3.8, 4) is 0 Å². The zero-order valence-corrected chi connectivity index (χ0v) is 11.8. The largest absolute Gasteiger partial charge is 0.397 e. The summed E-state index contributed by atoms with van der Waals surface area (Å²) >= 11 is 0. The van der Waals surface area contributed by atoms with E-state index in [1.807, 2.05) is 11.5 Å². The summed E-state index contributed by atoms with van der Waals surface area (Å²) in [5.74, 6) is -0.155. The Bertz CT molecular complexity index is 588. The summed E-state index contributed by atoms with van der Waals surface area (Å²) in [6, 6.07) is 1.69. The van der Waals surface area contributed by atoms with Gasteiger partial charge in [-0.25, -0.2) is 0 Å². The summed E-state index contributed by atoms with van der Waals surface area (Å²) in [5, 5.41) is 2.83. The molecule has 0 saturated heterocycles. The summed E-state index contributed by atoms with van der Waals surface area (Å²) in [6.45, 7) is 5.04. The van der Waals surface area contributed by atoms with Gasteiger partial charge in [0.25, 0.3) is 5.91 Å². The third-order valence-corrected chi connectivity index (χ3v) is 2.88. The van der Waals surface area contributed by atoms with Gasteiger partial charge < -0.3 is 15.6 Å². The first-order chi connectivity index (χ1) is 9.60. The van der Waals surface area contributed by atoms with Gasteiger partial charge in [-0.05, 0) is 19.4 Å². The summed E-state index contributed by atoms with van der Waals surface area (Å²) in [4.78, 5) is 20.5. The van der Waals surface area contributed by atoms with Crippen molar-refractivity contribution in [2.24, 2.45) is 0 Å². The van der Waals surface area contributed by atoms with Gasteiger partial charge in [-0.15, -0.1) is 0 Å². The summed E-state index contributed by atoms with van der Waals surface area (Å²) in [6.07, 6.45) is 6.07. The quantitative estimate of drug-likeness (QED) is 0.864. The number of amides is 1. The van der Waals surface area contributed by atoms with Gasteiger partial charge in [0.1, 0.15) is 5.69 Å². The van der Waals surface area contributed by atoms with E-state index in [9.17, 15) is 4.79 Å². The number of rotatable bonds is 5. The highest BCUT2D eigenvalue weighted by Crippen LogP contribution is 2.11. The van der Waals surface area contributed by atoms with E-state index in [0.29, 0.717) is 17.9 Å². The van der Waals surface area contributed by atoms with E-state index in [1.54, 1.807) is 24.7 Å². The van der Waals surface area contributed by atoms with Crippen LogP contribution in [-0.4, -0.2) is 20.4 Å². The molecule has 2 heterocycles. The fraction of sp³-hybridized carbons (Fsp3) is 0.357. The summed E-state index contributed by atoms with van der Waals surface area (Å²) < 4.78 is 1.87. The molecule has 0 fully saturated rings. The third kappa shape index (κ3) is 3.34. The number of carbonyl (C=O) groups excluding carboxylic acids is 1. The van der Waals surface area contributed by atoms with Crippen LogP contribution in [0.1, 0.15) is 35.2 Å². The predicted molar refractivity (Wildman–Crippen MR) is 77.1 cm³/mol. The van der Waals surface area contributed by atoms with Gasteiger partial charge in [-0.3, -0.25) is 14.8 Å². The Hall–Kier alpha value is -2.37. The van der Waals surface area contributed by atoms with Crippen molar-refractivity contribution < 1.29 is 4.79 Å². The molecule has 1 amide bonds. The van der Waals surface area contributed by atoms with E-state index >= 15 is 0 Å². The maximum atomic E-state index is 12.2. The van der Waals surface area contributed by atoms with E-state index in [0.717, 1.165) is 24.4 Å². The lowest BCUT2D eigenvalue weighted by molar-refractivity contribution is 0.0941. The SMILES string of the molecule is CCCn1cc(N)cc1C(=O)NCc1cnc(C)cn1. The predicted octanol–water partition coefficient (Wildman–Crippen LogP) is 1.51. The molecular weight excluding hydrogens is 254 g/mol. The second kappa shape index (κ2) is 6.18. The molecule has 6 heteroatoms. The minimum atomic E-state index is -0.155. The molecule has 0 radical (unpaired) electrons. The number of nitrogen functional groups attached to an aromatic ring is 1. The van der Waals surface area contributed by atoms with Gasteiger partial charge in [-0.1, -0.05) is 6.92 Å². The van der Waals surface area contributed by atoms with Crippen molar-refractivity contribution in [3.05, 3.63) is 41.7 Å². The van der Waals surface area contributed by atoms with Crippen molar-refractivity contribution >= 4 is 11.6 Å². The molecule has 3 N–H and O–H groups in total. The summed E-state index contributed by atoms with van der Waals surface area (Å²) in [5.41, 5.74) is 8.50. The molecule has 0 saturated carbocycles. The zero-order valence-electron chi connectivity index (χ0n) is 11.8. The molecule has 2 rings (SSSR count). The maximum Gasteiger partial charge on any atom is 0.268 e. The molecule has 106 valence electrons. The first-order valence-corrected chi connectivity index (χ1v) is 6.61. The van der Waals surface area contributed by atoms with Crippen molar-refractivity contribution in [2.75, 3.05) is 5.73 Å². The maximum absolute atomic E-state index is 12.2. The molecule has 0 atom stereocenters. The van der Waals surface area contributed by atoms with Crippen LogP contribution in [0, 0.1) is 6.92 Å². The van der Waals surface area contributed by atoms with Crippen molar-refractivity contribution in [2.45, 2.75) is 33.4 Å². The smallest absolute Gasteiger partial charge is 0.268 e. The Morgan fingerprint density at radius 2 is 2.20 bits per heavy atom. The van der Waals surface area contributed by atoms with E-state index in [-0.39, 0.29) is 5.91 Å². The molecule has 20 heavy (non-hydrogen) atoms. The Morgan fingerprint density at radius 3 is 2.85 bits per heavy atom. The average molecular weight is 273 g/mol. The van der Waals surface area contributed by atoms with E-state index in [1.165, 1.54) is 0 Å². The molecule has 0 bridgehead atoms. The lowest BCUT2D eigenvalue weighted by Gasteiger charge is -2.08. The van der Waals surface area contributed by atoms with Crippen LogP contribution in [0.5, 0.6) is 0 Å². The van der Waals surface area contributed by atoms with Gasteiger partial charge in [0.05, 0.1) is 29.8 Å². The molecule has 0 aliphatic rings. The number of nitrogens with zero attached hydrogens (tertiary/aromatic N) is 3. The molecule has 0 aromatic carbocycles. The molecule has 2 aromatic rings.